The van der Waals surface area contributed by atoms with E-state index in [1.807, 2.05) is 0 Å². The van der Waals surface area contributed by atoms with Crippen LogP contribution in [-0.4, -0.2) is 5.78 Å². The molecular weight excluding hydrogens is 172 g/mol. The maximum Gasteiger partial charge on any atom is 0.136 e. The van der Waals surface area contributed by atoms with Crippen LogP contribution in [0.15, 0.2) is 0 Å². The third-order valence-corrected chi connectivity index (χ3v) is 5.01. The van der Waals surface area contributed by atoms with Gasteiger partial charge in [0, 0.05) is 12.3 Å². The van der Waals surface area contributed by atoms with Gasteiger partial charge in [-0.05, 0) is 43.4 Å². The minimum Gasteiger partial charge on any atom is -0.299 e. The topological polar surface area (TPSA) is 17.1 Å². The van der Waals surface area contributed by atoms with Crippen LogP contribution in [0.5, 0.6) is 0 Å². The monoisotopic (exact) mass is 192 g/mol. The SMILES string of the molecule is O=C1CC[C@@H]2CCC[C@@H]2[C@H]2CCC[C@H]12. The van der Waals surface area contributed by atoms with Crippen LogP contribution < -0.4 is 0 Å². The van der Waals surface area contributed by atoms with E-state index in [0.717, 1.165) is 24.2 Å². The van der Waals surface area contributed by atoms with Crippen LogP contribution in [0.2, 0.25) is 0 Å². The molecule has 14 heavy (non-hydrogen) atoms. The summed E-state index contributed by atoms with van der Waals surface area (Å²) in [6.07, 6.45) is 10.3. The van der Waals surface area contributed by atoms with Crippen molar-refractivity contribution in [3.63, 3.8) is 0 Å². The number of hydrogen-bond donors (Lipinski definition) is 0. The van der Waals surface area contributed by atoms with Gasteiger partial charge < -0.3 is 0 Å². The van der Waals surface area contributed by atoms with Crippen LogP contribution in [0.1, 0.15) is 51.4 Å². The van der Waals surface area contributed by atoms with Crippen molar-refractivity contribution in [2.24, 2.45) is 23.7 Å². The molecule has 0 unspecified atom stereocenters. The van der Waals surface area contributed by atoms with Crippen LogP contribution in [0.25, 0.3) is 0 Å². The molecule has 3 aliphatic carbocycles. The molecule has 3 aliphatic rings. The Morgan fingerprint density at radius 3 is 2.57 bits per heavy atom. The Bertz CT molecular complexity index is 246. The highest BCUT2D eigenvalue weighted by molar-refractivity contribution is 5.81. The number of carbonyl (C=O) groups is 1. The van der Waals surface area contributed by atoms with Crippen molar-refractivity contribution in [1.29, 1.82) is 0 Å². The zero-order valence-corrected chi connectivity index (χ0v) is 8.87. The molecule has 0 aromatic heterocycles. The van der Waals surface area contributed by atoms with Crippen molar-refractivity contribution in [2.45, 2.75) is 51.4 Å². The average molecular weight is 192 g/mol. The Labute approximate surface area is 86.3 Å². The minimum atomic E-state index is 0.489. The van der Waals surface area contributed by atoms with Crippen molar-refractivity contribution in [1.82, 2.24) is 0 Å². The van der Waals surface area contributed by atoms with E-state index in [9.17, 15) is 4.79 Å². The van der Waals surface area contributed by atoms with Gasteiger partial charge in [-0.3, -0.25) is 4.79 Å². The zero-order valence-electron chi connectivity index (χ0n) is 8.87. The normalized spacial score (nSPS) is 47.3. The number of carbonyl (C=O) groups excluding carboxylic acids is 1. The second kappa shape index (κ2) is 3.36. The lowest BCUT2D eigenvalue weighted by Gasteiger charge is -2.25. The summed E-state index contributed by atoms with van der Waals surface area (Å²) in [4.78, 5) is 11.9. The Hall–Kier alpha value is -0.330. The fraction of sp³-hybridized carbons (Fsp3) is 0.923. The molecule has 3 rings (SSSR count). The summed E-state index contributed by atoms with van der Waals surface area (Å²) in [7, 11) is 0. The van der Waals surface area contributed by atoms with Crippen molar-refractivity contribution in [3.05, 3.63) is 0 Å². The summed E-state index contributed by atoms with van der Waals surface area (Å²) in [5.74, 6) is 3.77. The van der Waals surface area contributed by atoms with Gasteiger partial charge in [-0.2, -0.15) is 0 Å². The number of ketones is 1. The predicted octanol–water partition coefficient (Wildman–Crippen LogP) is 3.18. The second-order valence-electron chi connectivity index (χ2n) is 5.56. The molecule has 0 radical (unpaired) electrons. The van der Waals surface area contributed by atoms with E-state index in [-0.39, 0.29) is 0 Å². The fourth-order valence-electron chi connectivity index (χ4n) is 4.40. The molecule has 0 N–H and O–H groups in total. The molecule has 0 aromatic rings. The summed E-state index contributed by atoms with van der Waals surface area (Å²) in [5.41, 5.74) is 0. The molecule has 0 aliphatic heterocycles. The van der Waals surface area contributed by atoms with Crippen molar-refractivity contribution >= 4 is 5.78 Å². The lowest BCUT2D eigenvalue weighted by atomic mass is 9.79. The number of hydrogen-bond acceptors (Lipinski definition) is 1. The van der Waals surface area contributed by atoms with Gasteiger partial charge in [0.15, 0.2) is 0 Å². The molecular formula is C13H20O. The molecule has 0 amide bonds. The lowest BCUT2D eigenvalue weighted by molar-refractivity contribution is -0.123. The molecule has 3 saturated carbocycles. The van der Waals surface area contributed by atoms with Crippen molar-refractivity contribution in [3.8, 4) is 0 Å². The first kappa shape index (κ1) is 8.94. The molecule has 0 aromatic carbocycles. The molecule has 0 bridgehead atoms. The highest BCUT2D eigenvalue weighted by Crippen LogP contribution is 2.50. The number of rotatable bonds is 0. The zero-order chi connectivity index (χ0) is 9.54. The van der Waals surface area contributed by atoms with E-state index < -0.39 is 0 Å². The molecule has 0 heterocycles. The van der Waals surface area contributed by atoms with Gasteiger partial charge in [0.05, 0.1) is 0 Å². The molecule has 0 saturated heterocycles. The van der Waals surface area contributed by atoms with Crippen LogP contribution in [0.3, 0.4) is 0 Å². The van der Waals surface area contributed by atoms with E-state index in [0.29, 0.717) is 11.7 Å². The average Bonchev–Trinajstić information content (AvgIpc) is 2.80. The maximum absolute atomic E-state index is 11.9. The highest BCUT2D eigenvalue weighted by Gasteiger charge is 2.44. The van der Waals surface area contributed by atoms with Gasteiger partial charge in [-0.1, -0.05) is 19.3 Å². The molecule has 78 valence electrons. The van der Waals surface area contributed by atoms with E-state index in [1.54, 1.807) is 0 Å². The van der Waals surface area contributed by atoms with Gasteiger partial charge in [0.25, 0.3) is 0 Å². The third-order valence-electron chi connectivity index (χ3n) is 5.01. The van der Waals surface area contributed by atoms with E-state index in [4.69, 9.17) is 0 Å². The summed E-state index contributed by atoms with van der Waals surface area (Å²) in [6, 6.07) is 0. The standard InChI is InChI=1S/C13H20O/c14-13-8-7-9-3-1-4-10(9)11-5-2-6-12(11)13/h9-12H,1-8H2/t9-,10-,11+,12-/m0/s1. The quantitative estimate of drug-likeness (QED) is 0.576. The number of fused-ring (bicyclic) bond motifs is 3. The van der Waals surface area contributed by atoms with Gasteiger partial charge >= 0.3 is 0 Å². The molecule has 3 fully saturated rings. The lowest BCUT2D eigenvalue weighted by Crippen LogP contribution is -2.22. The van der Waals surface area contributed by atoms with Crippen LogP contribution >= 0.6 is 0 Å². The summed E-state index contributed by atoms with van der Waals surface area (Å²) >= 11 is 0. The Kier molecular flexibility index (Phi) is 2.14. The largest absolute Gasteiger partial charge is 0.299 e. The third kappa shape index (κ3) is 1.24. The van der Waals surface area contributed by atoms with E-state index >= 15 is 0 Å². The number of Topliss-reactive ketones (excluding diaryl/α,β-unsaturated/α-hetero) is 1. The summed E-state index contributed by atoms with van der Waals surface area (Å²) in [6.45, 7) is 0. The van der Waals surface area contributed by atoms with Crippen molar-refractivity contribution in [2.75, 3.05) is 0 Å². The van der Waals surface area contributed by atoms with Gasteiger partial charge in [0.2, 0.25) is 0 Å². The Morgan fingerprint density at radius 2 is 1.64 bits per heavy atom. The first-order valence-electron chi connectivity index (χ1n) is 6.39. The highest BCUT2D eigenvalue weighted by atomic mass is 16.1. The molecule has 1 nitrogen and oxygen atoms in total. The van der Waals surface area contributed by atoms with Crippen LogP contribution in [0.4, 0.5) is 0 Å². The minimum absolute atomic E-state index is 0.489. The van der Waals surface area contributed by atoms with Gasteiger partial charge in [0.1, 0.15) is 5.78 Å². The predicted molar refractivity (Wildman–Crippen MR) is 55.9 cm³/mol. The second-order valence-corrected chi connectivity index (χ2v) is 5.56. The first-order valence-corrected chi connectivity index (χ1v) is 6.39. The van der Waals surface area contributed by atoms with E-state index in [2.05, 4.69) is 0 Å². The fourth-order valence-corrected chi connectivity index (χ4v) is 4.40. The van der Waals surface area contributed by atoms with Gasteiger partial charge in [-0.15, -0.1) is 0 Å². The van der Waals surface area contributed by atoms with Crippen LogP contribution in [-0.2, 0) is 4.79 Å². The Balaban J connectivity index is 1.87. The summed E-state index contributed by atoms with van der Waals surface area (Å²) in [5, 5.41) is 0. The van der Waals surface area contributed by atoms with E-state index in [1.165, 1.54) is 44.9 Å². The molecule has 4 atom stereocenters. The molecule has 0 spiro atoms. The summed E-state index contributed by atoms with van der Waals surface area (Å²) < 4.78 is 0. The maximum atomic E-state index is 11.9. The van der Waals surface area contributed by atoms with Crippen molar-refractivity contribution < 1.29 is 4.79 Å². The Morgan fingerprint density at radius 1 is 0.857 bits per heavy atom. The smallest absolute Gasteiger partial charge is 0.136 e. The van der Waals surface area contributed by atoms with Crippen LogP contribution in [0, 0.1) is 23.7 Å². The van der Waals surface area contributed by atoms with Gasteiger partial charge in [-0.25, -0.2) is 0 Å². The first-order chi connectivity index (χ1) is 6.86. The molecule has 1 heteroatoms.